The van der Waals surface area contributed by atoms with Gasteiger partial charge in [0.25, 0.3) is 0 Å². The summed E-state index contributed by atoms with van der Waals surface area (Å²) in [6, 6.07) is 12.6. The second-order valence-corrected chi connectivity index (χ2v) is 4.62. The number of hydrogen-bond acceptors (Lipinski definition) is 2. The highest BCUT2D eigenvalue weighted by molar-refractivity contribution is 5.79. The van der Waals surface area contributed by atoms with Crippen molar-refractivity contribution in [2.45, 2.75) is 19.7 Å². The Hall–Kier alpha value is -2.30. The van der Waals surface area contributed by atoms with E-state index in [1.54, 1.807) is 6.07 Å². The topological polar surface area (TPSA) is 21.6 Å². The highest BCUT2D eigenvalue weighted by atomic mass is 19.4. The third-order valence-electron chi connectivity index (χ3n) is 2.84. The molecule has 0 atom stereocenters. The van der Waals surface area contributed by atoms with Gasteiger partial charge in [-0.15, -0.1) is 0 Å². The number of halogens is 3. The molecule has 0 spiro atoms. The second-order valence-electron chi connectivity index (χ2n) is 4.62. The Kier molecular flexibility index (Phi) is 4.62. The maximum absolute atomic E-state index is 12.5. The first-order valence-corrected chi connectivity index (χ1v) is 6.33. The molecule has 2 nitrogen and oxygen atoms in total. The Morgan fingerprint density at radius 3 is 2.48 bits per heavy atom. The summed E-state index contributed by atoms with van der Waals surface area (Å²) in [6.07, 6.45) is -2.83. The maximum Gasteiger partial charge on any atom is 0.416 e. The number of rotatable bonds is 4. The fraction of sp³-hybridized carbons (Fsp3) is 0.188. The van der Waals surface area contributed by atoms with Gasteiger partial charge in [-0.3, -0.25) is 0 Å². The zero-order valence-corrected chi connectivity index (χ0v) is 11.4. The van der Waals surface area contributed by atoms with E-state index in [-0.39, 0.29) is 6.61 Å². The van der Waals surface area contributed by atoms with E-state index in [9.17, 15) is 13.2 Å². The molecule has 2 rings (SSSR count). The summed E-state index contributed by atoms with van der Waals surface area (Å²) in [4.78, 5) is 5.02. The van der Waals surface area contributed by atoms with Crippen molar-refractivity contribution in [3.63, 3.8) is 0 Å². The van der Waals surface area contributed by atoms with Crippen molar-refractivity contribution in [2.75, 3.05) is 0 Å². The minimum absolute atomic E-state index is 0.00766. The first-order chi connectivity index (χ1) is 9.95. The van der Waals surface area contributed by atoms with Crippen LogP contribution in [0.25, 0.3) is 0 Å². The van der Waals surface area contributed by atoms with E-state index in [0.717, 1.165) is 23.3 Å². The monoisotopic (exact) mass is 293 g/mol. The Morgan fingerprint density at radius 1 is 1.10 bits per heavy atom. The van der Waals surface area contributed by atoms with E-state index in [1.165, 1.54) is 12.3 Å². The van der Waals surface area contributed by atoms with Crippen LogP contribution in [0.2, 0.25) is 0 Å². The van der Waals surface area contributed by atoms with Gasteiger partial charge < -0.3 is 4.84 Å². The van der Waals surface area contributed by atoms with E-state index in [1.807, 2.05) is 31.2 Å². The van der Waals surface area contributed by atoms with Crippen molar-refractivity contribution in [3.05, 3.63) is 70.8 Å². The summed E-state index contributed by atoms with van der Waals surface area (Å²) in [7, 11) is 0. The predicted octanol–water partition coefficient (Wildman–Crippen LogP) is 4.56. The van der Waals surface area contributed by atoms with Crippen molar-refractivity contribution in [1.29, 1.82) is 0 Å². The average Bonchev–Trinajstić information content (AvgIpc) is 2.45. The summed E-state index contributed by atoms with van der Waals surface area (Å²) in [5.74, 6) is 0. The molecule has 0 aliphatic carbocycles. The summed E-state index contributed by atoms with van der Waals surface area (Å²) >= 11 is 0. The highest BCUT2D eigenvalue weighted by Gasteiger charge is 2.30. The van der Waals surface area contributed by atoms with Crippen LogP contribution >= 0.6 is 0 Å². The van der Waals surface area contributed by atoms with Crippen molar-refractivity contribution < 1.29 is 18.0 Å². The minimum Gasteiger partial charge on any atom is -0.391 e. The van der Waals surface area contributed by atoms with Crippen LogP contribution in [-0.2, 0) is 17.6 Å². The van der Waals surface area contributed by atoms with Crippen LogP contribution in [-0.4, -0.2) is 6.21 Å². The fourth-order valence-electron chi connectivity index (χ4n) is 1.70. The van der Waals surface area contributed by atoms with E-state index in [2.05, 4.69) is 5.16 Å². The number of oxime groups is 1. The van der Waals surface area contributed by atoms with Gasteiger partial charge in [-0.05, 0) is 30.2 Å². The molecule has 5 heteroatoms. The van der Waals surface area contributed by atoms with Crippen molar-refractivity contribution >= 4 is 6.21 Å². The molecule has 0 saturated carbocycles. The standard InChI is InChI=1S/C16H14F3NO/c1-12-5-7-13(8-6-12)10-20-21-11-14-3-2-4-15(9-14)16(17,18)19/h2-10H,11H2,1H3. The normalized spacial score (nSPS) is 11.8. The molecule has 110 valence electrons. The molecule has 0 radical (unpaired) electrons. The molecule has 2 aromatic rings. The molecule has 0 aliphatic rings. The molecule has 0 fully saturated rings. The van der Waals surface area contributed by atoms with Crippen LogP contribution in [0.3, 0.4) is 0 Å². The van der Waals surface area contributed by atoms with Crippen LogP contribution in [0.15, 0.2) is 53.7 Å². The van der Waals surface area contributed by atoms with E-state index >= 15 is 0 Å². The summed E-state index contributed by atoms with van der Waals surface area (Å²) in [5.41, 5.74) is 1.73. The quantitative estimate of drug-likeness (QED) is 0.598. The lowest BCUT2D eigenvalue weighted by Crippen LogP contribution is -2.05. The Morgan fingerprint density at radius 2 is 1.81 bits per heavy atom. The Labute approximate surface area is 120 Å². The van der Waals surface area contributed by atoms with Gasteiger partial charge in [0.1, 0.15) is 6.61 Å². The van der Waals surface area contributed by atoms with Gasteiger partial charge in [-0.1, -0.05) is 47.1 Å². The van der Waals surface area contributed by atoms with E-state index in [0.29, 0.717) is 5.56 Å². The lowest BCUT2D eigenvalue weighted by atomic mass is 10.1. The van der Waals surface area contributed by atoms with Gasteiger partial charge in [0, 0.05) is 0 Å². The number of aryl methyl sites for hydroxylation is 1. The lowest BCUT2D eigenvalue weighted by Gasteiger charge is -2.07. The van der Waals surface area contributed by atoms with Crippen LogP contribution in [0.1, 0.15) is 22.3 Å². The maximum atomic E-state index is 12.5. The predicted molar refractivity (Wildman–Crippen MR) is 75.0 cm³/mol. The van der Waals surface area contributed by atoms with E-state index < -0.39 is 11.7 Å². The molecule has 0 aromatic heterocycles. The van der Waals surface area contributed by atoms with Crippen LogP contribution in [0.4, 0.5) is 13.2 Å². The number of hydrogen-bond donors (Lipinski definition) is 0. The SMILES string of the molecule is Cc1ccc(C=NOCc2cccc(C(F)(F)F)c2)cc1. The molecule has 0 amide bonds. The molecular formula is C16H14F3NO. The lowest BCUT2D eigenvalue weighted by molar-refractivity contribution is -0.137. The number of benzene rings is 2. The van der Waals surface area contributed by atoms with Crippen molar-refractivity contribution in [3.8, 4) is 0 Å². The summed E-state index contributed by atoms with van der Waals surface area (Å²) in [5, 5.41) is 3.75. The Balaban J connectivity index is 1.93. The zero-order chi connectivity index (χ0) is 15.3. The minimum atomic E-state index is -4.35. The van der Waals surface area contributed by atoms with Crippen molar-refractivity contribution in [1.82, 2.24) is 0 Å². The number of alkyl halides is 3. The molecule has 2 aromatic carbocycles. The van der Waals surface area contributed by atoms with Crippen LogP contribution in [0, 0.1) is 6.92 Å². The molecular weight excluding hydrogens is 279 g/mol. The van der Waals surface area contributed by atoms with Crippen LogP contribution < -0.4 is 0 Å². The van der Waals surface area contributed by atoms with Gasteiger partial charge in [0.15, 0.2) is 0 Å². The van der Waals surface area contributed by atoms with Gasteiger partial charge in [-0.2, -0.15) is 13.2 Å². The summed E-state index contributed by atoms with van der Waals surface area (Å²) in [6.45, 7) is 1.97. The van der Waals surface area contributed by atoms with Gasteiger partial charge in [0.05, 0.1) is 11.8 Å². The first-order valence-electron chi connectivity index (χ1n) is 6.33. The molecule has 0 saturated heterocycles. The average molecular weight is 293 g/mol. The Bertz CT molecular complexity index is 618. The summed E-state index contributed by atoms with van der Waals surface area (Å²) < 4.78 is 37.6. The third-order valence-corrected chi connectivity index (χ3v) is 2.84. The number of nitrogens with zero attached hydrogens (tertiary/aromatic N) is 1. The van der Waals surface area contributed by atoms with Crippen LogP contribution in [0.5, 0.6) is 0 Å². The van der Waals surface area contributed by atoms with Gasteiger partial charge in [-0.25, -0.2) is 0 Å². The zero-order valence-electron chi connectivity index (χ0n) is 11.4. The first kappa shape index (κ1) is 15.1. The van der Waals surface area contributed by atoms with E-state index in [4.69, 9.17) is 4.84 Å². The fourth-order valence-corrected chi connectivity index (χ4v) is 1.70. The molecule has 0 aliphatic heterocycles. The smallest absolute Gasteiger partial charge is 0.391 e. The van der Waals surface area contributed by atoms with Gasteiger partial charge >= 0.3 is 6.18 Å². The molecule has 0 unspecified atom stereocenters. The van der Waals surface area contributed by atoms with Crippen molar-refractivity contribution in [2.24, 2.45) is 5.16 Å². The molecule has 0 bridgehead atoms. The third kappa shape index (κ3) is 4.63. The molecule has 21 heavy (non-hydrogen) atoms. The molecule has 0 N–H and O–H groups in total. The molecule has 0 heterocycles. The highest BCUT2D eigenvalue weighted by Crippen LogP contribution is 2.29. The second kappa shape index (κ2) is 6.43. The largest absolute Gasteiger partial charge is 0.416 e. The van der Waals surface area contributed by atoms with Gasteiger partial charge in [0.2, 0.25) is 0 Å².